The Balaban J connectivity index is 2.71. The van der Waals surface area contributed by atoms with E-state index in [4.69, 9.17) is 10.5 Å². The van der Waals surface area contributed by atoms with Crippen LogP contribution >= 0.6 is 0 Å². The predicted molar refractivity (Wildman–Crippen MR) is 82.1 cm³/mol. The van der Waals surface area contributed by atoms with Gasteiger partial charge < -0.3 is 15.8 Å². The minimum absolute atomic E-state index is 0.00848. The van der Waals surface area contributed by atoms with Crippen LogP contribution in [0.3, 0.4) is 0 Å². The number of amides is 1. The van der Waals surface area contributed by atoms with E-state index in [0.717, 1.165) is 29.7 Å². The molecule has 1 aromatic rings. The zero-order valence-corrected chi connectivity index (χ0v) is 13.0. The number of nitrogens with two attached hydrogens (primary N) is 1. The van der Waals surface area contributed by atoms with E-state index in [-0.39, 0.29) is 11.9 Å². The molecule has 0 spiro atoms. The number of hydrogen-bond acceptors (Lipinski definition) is 3. The second kappa shape index (κ2) is 7.90. The number of carbonyl (C=O) groups is 1. The largest absolute Gasteiger partial charge is 0.493 e. The molecule has 1 aromatic carbocycles. The molecule has 4 heteroatoms. The summed E-state index contributed by atoms with van der Waals surface area (Å²) in [7, 11) is 1.63. The van der Waals surface area contributed by atoms with Crippen LogP contribution in [-0.2, 0) is 11.2 Å². The number of benzene rings is 1. The number of ether oxygens (including phenoxy) is 1. The van der Waals surface area contributed by atoms with E-state index in [1.807, 2.05) is 13.8 Å². The van der Waals surface area contributed by atoms with Crippen molar-refractivity contribution in [2.24, 2.45) is 5.73 Å². The molecule has 1 rings (SSSR count). The lowest BCUT2D eigenvalue weighted by Crippen LogP contribution is -2.21. The molecule has 20 heavy (non-hydrogen) atoms. The Kier molecular flexibility index (Phi) is 6.52. The van der Waals surface area contributed by atoms with Crippen molar-refractivity contribution >= 4 is 5.91 Å². The van der Waals surface area contributed by atoms with Gasteiger partial charge in [0.15, 0.2) is 0 Å². The highest BCUT2D eigenvalue weighted by Gasteiger charge is 2.09. The molecule has 0 saturated heterocycles. The Hall–Kier alpha value is -1.55. The molecule has 1 amide bonds. The Morgan fingerprint density at radius 3 is 2.45 bits per heavy atom. The highest BCUT2D eigenvalue weighted by Crippen LogP contribution is 2.25. The van der Waals surface area contributed by atoms with Gasteiger partial charge in [0.05, 0.1) is 13.0 Å². The van der Waals surface area contributed by atoms with Crippen LogP contribution in [0.2, 0.25) is 0 Å². The molecule has 0 heterocycles. The van der Waals surface area contributed by atoms with Crippen molar-refractivity contribution in [3.63, 3.8) is 0 Å². The van der Waals surface area contributed by atoms with Gasteiger partial charge in [0.25, 0.3) is 0 Å². The van der Waals surface area contributed by atoms with Crippen molar-refractivity contribution in [1.29, 1.82) is 0 Å². The molecule has 0 radical (unpaired) electrons. The Morgan fingerprint density at radius 1 is 1.35 bits per heavy atom. The summed E-state index contributed by atoms with van der Waals surface area (Å²) in [6, 6.07) is 4.45. The summed E-state index contributed by atoms with van der Waals surface area (Å²) in [6.07, 6.45) is 2.23. The summed E-state index contributed by atoms with van der Waals surface area (Å²) >= 11 is 0. The molecule has 112 valence electrons. The average molecular weight is 278 g/mol. The van der Waals surface area contributed by atoms with Crippen molar-refractivity contribution in [3.05, 3.63) is 28.8 Å². The topological polar surface area (TPSA) is 64.3 Å². The van der Waals surface area contributed by atoms with Crippen molar-refractivity contribution in [2.75, 3.05) is 13.7 Å². The zero-order chi connectivity index (χ0) is 15.1. The molecule has 0 bridgehead atoms. The molecule has 0 fully saturated rings. The molecule has 0 aliphatic heterocycles. The SMILES string of the molecule is CCC(N)Cc1cc(C)c(OCCC(=O)NC)c(C)c1. The second-order valence-corrected chi connectivity index (χ2v) is 5.20. The summed E-state index contributed by atoms with van der Waals surface area (Å²) in [5.74, 6) is 0.869. The van der Waals surface area contributed by atoms with Crippen LogP contribution in [0.15, 0.2) is 12.1 Å². The molecular formula is C16H26N2O2. The number of carbonyl (C=O) groups excluding carboxylic acids is 1. The average Bonchev–Trinajstić information content (AvgIpc) is 2.41. The third-order valence-corrected chi connectivity index (χ3v) is 3.40. The van der Waals surface area contributed by atoms with Crippen molar-refractivity contribution in [1.82, 2.24) is 5.32 Å². The first-order chi connectivity index (χ1) is 9.47. The van der Waals surface area contributed by atoms with Crippen LogP contribution < -0.4 is 15.8 Å². The maximum absolute atomic E-state index is 11.2. The summed E-state index contributed by atoms with van der Waals surface area (Å²) < 4.78 is 5.73. The molecule has 1 unspecified atom stereocenters. The first-order valence-electron chi connectivity index (χ1n) is 7.17. The highest BCUT2D eigenvalue weighted by molar-refractivity contribution is 5.75. The minimum atomic E-state index is -0.00848. The van der Waals surface area contributed by atoms with Gasteiger partial charge >= 0.3 is 0 Å². The van der Waals surface area contributed by atoms with Gasteiger partial charge in [-0.15, -0.1) is 0 Å². The lowest BCUT2D eigenvalue weighted by Gasteiger charge is -2.15. The fourth-order valence-electron chi connectivity index (χ4n) is 2.20. The van der Waals surface area contributed by atoms with Gasteiger partial charge in [-0.2, -0.15) is 0 Å². The predicted octanol–water partition coefficient (Wildman–Crippen LogP) is 2.10. The standard InChI is InChI=1S/C16H26N2O2/c1-5-14(17)10-13-8-11(2)16(12(3)9-13)20-7-6-15(19)18-4/h8-9,14H,5-7,10,17H2,1-4H3,(H,18,19). The van der Waals surface area contributed by atoms with E-state index in [1.165, 1.54) is 5.56 Å². The maximum atomic E-state index is 11.2. The number of rotatable bonds is 7. The molecule has 3 N–H and O–H groups in total. The van der Waals surface area contributed by atoms with Gasteiger partial charge in [0.2, 0.25) is 5.91 Å². The van der Waals surface area contributed by atoms with E-state index in [1.54, 1.807) is 7.05 Å². The van der Waals surface area contributed by atoms with Crippen LogP contribution in [0.4, 0.5) is 0 Å². The van der Waals surface area contributed by atoms with Gasteiger partial charge in [-0.05, 0) is 43.4 Å². The third kappa shape index (κ3) is 4.85. The van der Waals surface area contributed by atoms with Gasteiger partial charge in [-0.3, -0.25) is 4.79 Å². The van der Waals surface area contributed by atoms with E-state index in [2.05, 4.69) is 24.4 Å². The quantitative estimate of drug-likeness (QED) is 0.803. The Bertz CT molecular complexity index is 435. The molecule has 0 aliphatic carbocycles. The minimum Gasteiger partial charge on any atom is -0.493 e. The smallest absolute Gasteiger partial charge is 0.223 e. The molecule has 4 nitrogen and oxygen atoms in total. The van der Waals surface area contributed by atoms with Crippen LogP contribution in [-0.4, -0.2) is 25.6 Å². The molecular weight excluding hydrogens is 252 g/mol. The number of hydrogen-bond donors (Lipinski definition) is 2. The molecule has 0 aliphatic rings. The van der Waals surface area contributed by atoms with Crippen LogP contribution in [0, 0.1) is 13.8 Å². The van der Waals surface area contributed by atoms with Gasteiger partial charge in [-0.1, -0.05) is 19.1 Å². The first-order valence-corrected chi connectivity index (χ1v) is 7.17. The van der Waals surface area contributed by atoms with Crippen LogP contribution in [0.25, 0.3) is 0 Å². The Labute approximate surface area is 121 Å². The summed E-state index contributed by atoms with van der Waals surface area (Å²) in [5.41, 5.74) is 9.43. The normalized spacial score (nSPS) is 12.1. The summed E-state index contributed by atoms with van der Waals surface area (Å²) in [4.78, 5) is 11.2. The first kappa shape index (κ1) is 16.5. The van der Waals surface area contributed by atoms with Gasteiger partial charge in [-0.25, -0.2) is 0 Å². The lowest BCUT2D eigenvalue weighted by molar-refractivity contribution is -0.121. The van der Waals surface area contributed by atoms with Crippen molar-refractivity contribution < 1.29 is 9.53 Å². The van der Waals surface area contributed by atoms with E-state index in [9.17, 15) is 4.79 Å². The third-order valence-electron chi connectivity index (χ3n) is 3.40. The fraction of sp³-hybridized carbons (Fsp3) is 0.562. The van der Waals surface area contributed by atoms with E-state index >= 15 is 0 Å². The molecule has 0 aromatic heterocycles. The van der Waals surface area contributed by atoms with Crippen molar-refractivity contribution in [3.8, 4) is 5.75 Å². The summed E-state index contributed by atoms with van der Waals surface area (Å²) in [5, 5.41) is 2.58. The van der Waals surface area contributed by atoms with Crippen LogP contribution in [0.5, 0.6) is 5.75 Å². The summed E-state index contributed by atoms with van der Waals surface area (Å²) in [6.45, 7) is 6.56. The Morgan fingerprint density at radius 2 is 1.95 bits per heavy atom. The number of aryl methyl sites for hydroxylation is 2. The van der Waals surface area contributed by atoms with E-state index < -0.39 is 0 Å². The number of nitrogens with one attached hydrogen (secondary N) is 1. The maximum Gasteiger partial charge on any atom is 0.223 e. The fourth-order valence-corrected chi connectivity index (χ4v) is 2.20. The molecule has 1 atom stereocenters. The van der Waals surface area contributed by atoms with Gasteiger partial charge in [0, 0.05) is 13.1 Å². The highest BCUT2D eigenvalue weighted by atomic mass is 16.5. The van der Waals surface area contributed by atoms with Crippen molar-refractivity contribution in [2.45, 2.75) is 46.1 Å². The monoisotopic (exact) mass is 278 g/mol. The molecule has 0 saturated carbocycles. The lowest BCUT2D eigenvalue weighted by atomic mass is 9.99. The van der Waals surface area contributed by atoms with Crippen LogP contribution in [0.1, 0.15) is 36.5 Å². The zero-order valence-electron chi connectivity index (χ0n) is 13.0. The van der Waals surface area contributed by atoms with E-state index in [0.29, 0.717) is 13.0 Å². The van der Waals surface area contributed by atoms with Gasteiger partial charge in [0.1, 0.15) is 5.75 Å². The second-order valence-electron chi connectivity index (χ2n) is 5.20.